The predicted molar refractivity (Wildman–Crippen MR) is 171 cm³/mol. The van der Waals surface area contributed by atoms with Gasteiger partial charge in [-0.25, -0.2) is 4.98 Å². The highest BCUT2D eigenvalue weighted by Crippen LogP contribution is 2.47. The molecule has 4 atom stereocenters. The Balaban J connectivity index is 1.22. The molecule has 1 fully saturated rings. The second-order valence-corrected chi connectivity index (χ2v) is 13.0. The van der Waals surface area contributed by atoms with Gasteiger partial charge in [0.25, 0.3) is 0 Å². The van der Waals surface area contributed by atoms with Crippen LogP contribution in [0.4, 0.5) is 5.82 Å². The summed E-state index contributed by atoms with van der Waals surface area (Å²) in [5, 5.41) is 2.97. The number of carbonyl (C=O) groups excluding carboxylic acids is 3. The first kappa shape index (κ1) is 29.5. The normalized spacial score (nSPS) is 28.0. The molecule has 1 aromatic carbocycles. The lowest BCUT2D eigenvalue weighted by Gasteiger charge is -2.43. The van der Waals surface area contributed by atoms with Crippen molar-refractivity contribution in [2.75, 3.05) is 45.2 Å². The van der Waals surface area contributed by atoms with E-state index in [1.54, 1.807) is 12.4 Å². The molecule has 232 valence electrons. The van der Waals surface area contributed by atoms with Crippen molar-refractivity contribution in [1.82, 2.24) is 19.8 Å². The average Bonchev–Trinajstić information content (AvgIpc) is 3.56. The molecular formula is C36H39N5O4. The number of hydrogen-bond acceptors (Lipinski definition) is 7. The first-order chi connectivity index (χ1) is 21.8. The Kier molecular flexibility index (Phi) is 7.83. The Morgan fingerprint density at radius 2 is 1.84 bits per heavy atom. The van der Waals surface area contributed by atoms with Crippen molar-refractivity contribution in [3.63, 3.8) is 0 Å². The van der Waals surface area contributed by atoms with Gasteiger partial charge in [0, 0.05) is 79.6 Å². The molecule has 0 saturated carbocycles. The van der Waals surface area contributed by atoms with Crippen LogP contribution in [-0.2, 0) is 32.6 Å². The Morgan fingerprint density at radius 1 is 1.00 bits per heavy atom. The maximum atomic E-state index is 14.0. The van der Waals surface area contributed by atoms with Crippen LogP contribution in [0.15, 0.2) is 60.9 Å². The second kappa shape index (κ2) is 11.9. The zero-order valence-corrected chi connectivity index (χ0v) is 25.9. The molecule has 5 heterocycles. The Bertz CT molecular complexity index is 1670. The number of pyridine rings is 2. The maximum absolute atomic E-state index is 14.0. The number of rotatable bonds is 1. The summed E-state index contributed by atoms with van der Waals surface area (Å²) in [6.07, 6.45) is 8.97. The van der Waals surface area contributed by atoms with Gasteiger partial charge >= 0.3 is 0 Å². The third kappa shape index (κ3) is 5.48. The van der Waals surface area contributed by atoms with Crippen molar-refractivity contribution >= 4 is 29.5 Å². The summed E-state index contributed by atoms with van der Waals surface area (Å²) in [4.78, 5) is 54.6. The Labute approximate surface area is 263 Å². The van der Waals surface area contributed by atoms with Gasteiger partial charge in [0.2, 0.25) is 11.8 Å². The van der Waals surface area contributed by atoms with E-state index in [1.807, 2.05) is 54.4 Å². The molecule has 3 unspecified atom stereocenters. The van der Waals surface area contributed by atoms with Gasteiger partial charge in [-0.05, 0) is 55.6 Å². The zero-order chi connectivity index (χ0) is 31.1. The molecule has 4 aliphatic rings. The number of likely N-dealkylation sites (N-methyl/N-ethyl adjacent to an activating group) is 1. The van der Waals surface area contributed by atoms with E-state index in [1.165, 1.54) is 5.56 Å². The number of ketones is 1. The number of nitrogens with zero attached hydrogens (tertiary/aromatic N) is 4. The molecule has 0 radical (unpaired) electrons. The number of fused-ring (bicyclic) bond motifs is 4. The number of aromatic nitrogens is 2. The standard InChI is InChI=1S/C36H39N5O4/c1-23-29(25-8-4-3-5-9-25)17-26-18-32(42)28-16-27-19-36(20-31(27)37-22-28)30-15-24(21-38-33(30)39-35(36)44)7-6-13-45-14-12-40(2)10-11-41(23)34(26)43/h3-9,15-16,21-23,26,29H,10-14,17-20H2,1-2H3,(H,38,39,44)/b7-6+/t23?,26?,29?,36-/m0/s1. The predicted octanol–water partition coefficient (Wildman–Crippen LogP) is 4.03. The second-order valence-electron chi connectivity index (χ2n) is 13.0. The zero-order valence-electron chi connectivity index (χ0n) is 25.9. The van der Waals surface area contributed by atoms with Crippen molar-refractivity contribution in [2.45, 2.75) is 50.0 Å². The van der Waals surface area contributed by atoms with Crippen LogP contribution in [0.1, 0.15) is 64.0 Å². The minimum absolute atomic E-state index is 0.0125. The maximum Gasteiger partial charge on any atom is 0.237 e. The molecular weight excluding hydrogens is 566 g/mol. The molecule has 1 aliphatic carbocycles. The Hall–Kier alpha value is -4.21. The molecule has 7 bridgehead atoms. The number of hydrogen-bond donors (Lipinski definition) is 1. The highest BCUT2D eigenvalue weighted by molar-refractivity contribution is 6.06. The van der Waals surface area contributed by atoms with Gasteiger partial charge < -0.3 is 19.9 Å². The number of benzene rings is 1. The molecule has 1 N–H and O–H groups in total. The van der Waals surface area contributed by atoms with Crippen LogP contribution < -0.4 is 5.32 Å². The van der Waals surface area contributed by atoms with Crippen molar-refractivity contribution in [1.29, 1.82) is 0 Å². The number of nitrogens with one attached hydrogen (secondary N) is 1. The van der Waals surface area contributed by atoms with Crippen LogP contribution in [0.3, 0.4) is 0 Å². The van der Waals surface area contributed by atoms with Crippen molar-refractivity contribution in [2.24, 2.45) is 5.92 Å². The molecule has 2 aromatic heterocycles. The fraction of sp³-hybridized carbons (Fsp3) is 0.417. The van der Waals surface area contributed by atoms with Crippen molar-refractivity contribution in [3.8, 4) is 0 Å². The highest BCUT2D eigenvalue weighted by Gasteiger charge is 2.52. The van der Waals surface area contributed by atoms with E-state index >= 15 is 0 Å². The van der Waals surface area contributed by atoms with Gasteiger partial charge in [-0.3, -0.25) is 19.4 Å². The lowest BCUT2D eigenvalue weighted by Crippen LogP contribution is -2.52. The van der Waals surface area contributed by atoms with Crippen LogP contribution >= 0.6 is 0 Å². The van der Waals surface area contributed by atoms with Gasteiger partial charge in [0.05, 0.1) is 18.6 Å². The van der Waals surface area contributed by atoms with E-state index in [-0.39, 0.29) is 36.0 Å². The first-order valence-corrected chi connectivity index (χ1v) is 15.9. The summed E-state index contributed by atoms with van der Waals surface area (Å²) in [6, 6.07) is 14.3. The topological polar surface area (TPSA) is 105 Å². The third-order valence-electron chi connectivity index (χ3n) is 10.2. The molecule has 3 aliphatic heterocycles. The molecule has 3 aromatic rings. The smallest absolute Gasteiger partial charge is 0.237 e. The van der Waals surface area contributed by atoms with Crippen LogP contribution in [-0.4, -0.2) is 83.3 Å². The summed E-state index contributed by atoms with van der Waals surface area (Å²) in [6.45, 7) is 5.17. The molecule has 7 rings (SSSR count). The largest absolute Gasteiger partial charge is 0.376 e. The SMILES string of the molecule is CC1C(c2ccccc2)CC2CC(=O)c3cnc4c(c3)C[C@@]3(C4)C(=O)Nc4ncc(cc43)/C=C/COCCN(C)CCN1C2=O. The van der Waals surface area contributed by atoms with Gasteiger partial charge in [-0.2, -0.15) is 0 Å². The number of carbonyl (C=O) groups is 3. The molecule has 45 heavy (non-hydrogen) atoms. The van der Waals surface area contributed by atoms with Gasteiger partial charge in [-0.15, -0.1) is 0 Å². The number of amides is 2. The molecule has 9 nitrogen and oxygen atoms in total. The number of anilines is 1. The van der Waals surface area contributed by atoms with Gasteiger partial charge in [0.1, 0.15) is 5.82 Å². The van der Waals surface area contributed by atoms with Crippen LogP contribution in [0.2, 0.25) is 0 Å². The number of ether oxygens (including phenoxy) is 1. The van der Waals surface area contributed by atoms with Crippen LogP contribution in [0, 0.1) is 5.92 Å². The van der Waals surface area contributed by atoms with Crippen molar-refractivity contribution in [3.05, 3.63) is 94.4 Å². The van der Waals surface area contributed by atoms with E-state index < -0.39 is 11.3 Å². The fourth-order valence-electron chi connectivity index (χ4n) is 7.56. The minimum atomic E-state index is -0.805. The number of Topliss-reactive ketones (excluding diaryl/α,β-unsaturated/α-hetero) is 1. The minimum Gasteiger partial charge on any atom is -0.376 e. The Morgan fingerprint density at radius 3 is 2.69 bits per heavy atom. The molecule has 9 heteroatoms. The van der Waals surface area contributed by atoms with Crippen LogP contribution in [0.5, 0.6) is 0 Å². The lowest BCUT2D eigenvalue weighted by molar-refractivity contribution is -0.142. The van der Waals surface area contributed by atoms with Crippen molar-refractivity contribution < 1.29 is 19.1 Å². The lowest BCUT2D eigenvalue weighted by atomic mass is 9.77. The first-order valence-electron chi connectivity index (χ1n) is 15.9. The van der Waals surface area contributed by atoms with E-state index in [0.717, 1.165) is 28.9 Å². The molecule has 1 saturated heterocycles. The van der Waals surface area contributed by atoms with E-state index in [9.17, 15) is 14.4 Å². The summed E-state index contributed by atoms with van der Waals surface area (Å²) in [5.74, 6) is 0.146. The fourth-order valence-corrected chi connectivity index (χ4v) is 7.56. The quantitative estimate of drug-likeness (QED) is 0.447. The summed E-state index contributed by atoms with van der Waals surface area (Å²) in [7, 11) is 2.04. The molecule has 2 amide bonds. The summed E-state index contributed by atoms with van der Waals surface area (Å²) in [5.41, 5.74) is 4.36. The number of piperidine rings is 1. The van der Waals surface area contributed by atoms with E-state index in [2.05, 4.69) is 34.3 Å². The highest BCUT2D eigenvalue weighted by atomic mass is 16.5. The monoisotopic (exact) mass is 605 g/mol. The molecule has 1 spiro atoms. The van der Waals surface area contributed by atoms with Gasteiger partial charge in [0.15, 0.2) is 5.78 Å². The van der Waals surface area contributed by atoms with E-state index in [0.29, 0.717) is 56.9 Å². The van der Waals surface area contributed by atoms with E-state index in [4.69, 9.17) is 9.72 Å². The average molecular weight is 606 g/mol. The summed E-state index contributed by atoms with van der Waals surface area (Å²) >= 11 is 0. The third-order valence-corrected chi connectivity index (χ3v) is 10.2. The summed E-state index contributed by atoms with van der Waals surface area (Å²) < 4.78 is 5.89. The van der Waals surface area contributed by atoms with Crippen LogP contribution in [0.25, 0.3) is 6.08 Å². The van der Waals surface area contributed by atoms with Gasteiger partial charge in [-0.1, -0.05) is 42.5 Å².